The fourth-order valence-corrected chi connectivity index (χ4v) is 3.90. The summed E-state index contributed by atoms with van der Waals surface area (Å²) in [5, 5.41) is 1.64. The van der Waals surface area contributed by atoms with E-state index in [4.69, 9.17) is 5.73 Å². The molecule has 0 atom stereocenters. The second-order valence-electron chi connectivity index (χ2n) is 4.12. The summed E-state index contributed by atoms with van der Waals surface area (Å²) in [6.45, 7) is 2.30. The molecule has 0 radical (unpaired) electrons. The quantitative estimate of drug-likeness (QED) is 0.833. The maximum absolute atomic E-state index is 11.9. The molecule has 0 spiro atoms. The van der Waals surface area contributed by atoms with Crippen LogP contribution in [0.25, 0.3) is 0 Å². The molecule has 0 bridgehead atoms. The van der Waals surface area contributed by atoms with Gasteiger partial charge in [-0.15, -0.1) is 11.3 Å². The highest BCUT2D eigenvalue weighted by molar-refractivity contribution is 7.89. The second-order valence-corrected chi connectivity index (χ2v) is 6.80. The number of thiophene rings is 1. The molecule has 0 saturated heterocycles. The number of hydrogen-bond acceptors (Lipinski definition) is 4. The van der Waals surface area contributed by atoms with E-state index in [1.807, 2.05) is 6.92 Å². The highest BCUT2D eigenvalue weighted by Gasteiger charge is 2.41. The second kappa shape index (κ2) is 3.55. The number of hydrogen-bond donors (Lipinski definition) is 2. The van der Waals surface area contributed by atoms with Crippen molar-refractivity contribution in [2.24, 2.45) is 5.73 Å². The van der Waals surface area contributed by atoms with Gasteiger partial charge in [-0.25, -0.2) is 13.1 Å². The number of rotatable bonds is 4. The van der Waals surface area contributed by atoms with Crippen LogP contribution in [-0.4, -0.2) is 14.0 Å². The molecule has 1 saturated carbocycles. The van der Waals surface area contributed by atoms with Gasteiger partial charge in [0.1, 0.15) is 0 Å². The molecule has 0 unspecified atom stereocenters. The van der Waals surface area contributed by atoms with E-state index in [9.17, 15) is 8.42 Å². The minimum absolute atomic E-state index is 0.219. The van der Waals surface area contributed by atoms with Crippen LogP contribution in [0.2, 0.25) is 0 Å². The van der Waals surface area contributed by atoms with Crippen LogP contribution in [0.1, 0.15) is 24.6 Å². The van der Waals surface area contributed by atoms with Gasteiger partial charge < -0.3 is 5.73 Å². The number of nitrogens with two attached hydrogens (primary N) is 1. The zero-order valence-electron chi connectivity index (χ0n) is 8.49. The van der Waals surface area contributed by atoms with Crippen LogP contribution in [0, 0.1) is 0 Å². The fraction of sp³-hybridized carbons (Fsp3) is 0.556. The SMILES string of the molecule is CC1(NS(=O)(=O)c2csc(CN)c2)CC1. The van der Waals surface area contributed by atoms with Gasteiger partial charge in [0.15, 0.2) is 0 Å². The van der Waals surface area contributed by atoms with Crippen LogP contribution in [0.3, 0.4) is 0 Å². The first-order chi connectivity index (χ1) is 6.95. The standard InChI is InChI=1S/C9H14N2O2S2/c1-9(2-3-9)11-15(12,13)8-4-7(5-10)14-6-8/h4,6,11H,2-3,5,10H2,1H3. The smallest absolute Gasteiger partial charge is 0.241 e. The van der Waals surface area contributed by atoms with Crippen molar-refractivity contribution < 1.29 is 8.42 Å². The Morgan fingerprint density at radius 1 is 1.60 bits per heavy atom. The Balaban J connectivity index is 2.21. The van der Waals surface area contributed by atoms with E-state index in [0.717, 1.165) is 17.7 Å². The Labute approximate surface area is 93.5 Å². The summed E-state index contributed by atoms with van der Waals surface area (Å²) in [7, 11) is -3.34. The van der Waals surface area contributed by atoms with Crippen LogP contribution < -0.4 is 10.5 Å². The average molecular weight is 246 g/mol. The van der Waals surface area contributed by atoms with E-state index < -0.39 is 10.0 Å². The first kappa shape index (κ1) is 11.1. The predicted octanol–water partition coefficient (Wildman–Crippen LogP) is 1.04. The monoisotopic (exact) mass is 246 g/mol. The van der Waals surface area contributed by atoms with Crippen molar-refractivity contribution in [3.05, 3.63) is 16.3 Å². The minimum atomic E-state index is -3.34. The summed E-state index contributed by atoms with van der Waals surface area (Å²) >= 11 is 1.38. The first-order valence-corrected chi connectivity index (χ1v) is 7.13. The van der Waals surface area contributed by atoms with E-state index in [2.05, 4.69) is 4.72 Å². The van der Waals surface area contributed by atoms with Crippen molar-refractivity contribution in [1.29, 1.82) is 0 Å². The van der Waals surface area contributed by atoms with Gasteiger partial charge in [0.25, 0.3) is 0 Å². The summed E-state index contributed by atoms with van der Waals surface area (Å²) in [5.74, 6) is 0. The van der Waals surface area contributed by atoms with Gasteiger partial charge in [-0.05, 0) is 25.8 Å². The Hall–Kier alpha value is -0.430. The molecule has 15 heavy (non-hydrogen) atoms. The van der Waals surface area contributed by atoms with Crippen molar-refractivity contribution in [3.8, 4) is 0 Å². The highest BCUT2D eigenvalue weighted by atomic mass is 32.2. The van der Waals surface area contributed by atoms with Crippen LogP contribution in [-0.2, 0) is 16.6 Å². The van der Waals surface area contributed by atoms with E-state index >= 15 is 0 Å². The molecule has 1 aromatic rings. The molecule has 4 nitrogen and oxygen atoms in total. The third-order valence-electron chi connectivity index (χ3n) is 2.52. The van der Waals surface area contributed by atoms with Gasteiger partial charge in [-0.1, -0.05) is 0 Å². The topological polar surface area (TPSA) is 72.2 Å². The zero-order valence-corrected chi connectivity index (χ0v) is 10.1. The van der Waals surface area contributed by atoms with Crippen molar-refractivity contribution in [2.75, 3.05) is 0 Å². The molecule has 1 fully saturated rings. The molecule has 84 valence electrons. The Bertz CT molecular complexity index is 460. The van der Waals surface area contributed by atoms with Crippen LogP contribution in [0.15, 0.2) is 16.3 Å². The molecule has 0 amide bonds. The maximum atomic E-state index is 11.9. The molecule has 1 aromatic heterocycles. The van der Waals surface area contributed by atoms with Gasteiger partial charge in [0.05, 0.1) is 4.90 Å². The predicted molar refractivity (Wildman–Crippen MR) is 60.2 cm³/mol. The lowest BCUT2D eigenvalue weighted by molar-refractivity contribution is 0.558. The van der Waals surface area contributed by atoms with Crippen molar-refractivity contribution in [3.63, 3.8) is 0 Å². The van der Waals surface area contributed by atoms with Gasteiger partial charge in [-0.2, -0.15) is 0 Å². The summed E-state index contributed by atoms with van der Waals surface area (Å²) < 4.78 is 26.4. The van der Waals surface area contributed by atoms with Crippen molar-refractivity contribution >= 4 is 21.4 Å². The molecule has 6 heteroatoms. The molecule has 1 aliphatic carbocycles. The molecular formula is C9H14N2O2S2. The maximum Gasteiger partial charge on any atom is 0.241 e. The Morgan fingerprint density at radius 2 is 2.27 bits per heavy atom. The molecular weight excluding hydrogens is 232 g/mol. The van der Waals surface area contributed by atoms with E-state index in [1.165, 1.54) is 11.3 Å². The number of nitrogens with one attached hydrogen (secondary N) is 1. The highest BCUT2D eigenvalue weighted by Crippen LogP contribution is 2.36. The van der Waals surface area contributed by atoms with E-state index in [1.54, 1.807) is 11.4 Å². The summed E-state index contributed by atoms with van der Waals surface area (Å²) in [6.07, 6.45) is 1.83. The van der Waals surface area contributed by atoms with Crippen molar-refractivity contribution in [2.45, 2.75) is 36.7 Å². The molecule has 1 heterocycles. The van der Waals surface area contributed by atoms with Gasteiger partial charge in [0.2, 0.25) is 10.0 Å². The lowest BCUT2D eigenvalue weighted by Gasteiger charge is -2.10. The third-order valence-corrected chi connectivity index (χ3v) is 5.25. The van der Waals surface area contributed by atoms with E-state index in [-0.39, 0.29) is 5.54 Å². The third kappa shape index (κ3) is 2.39. The minimum Gasteiger partial charge on any atom is -0.326 e. The molecule has 2 rings (SSSR count). The summed E-state index contributed by atoms with van der Waals surface area (Å²) in [6, 6.07) is 1.64. The van der Waals surface area contributed by atoms with Crippen molar-refractivity contribution in [1.82, 2.24) is 4.72 Å². The Morgan fingerprint density at radius 3 is 2.73 bits per heavy atom. The van der Waals surface area contributed by atoms with Gasteiger partial charge >= 0.3 is 0 Å². The molecule has 3 N–H and O–H groups in total. The normalized spacial score (nSPS) is 19.1. The summed E-state index contributed by atoms with van der Waals surface area (Å²) in [4.78, 5) is 1.22. The van der Waals surface area contributed by atoms with Crippen LogP contribution >= 0.6 is 11.3 Å². The van der Waals surface area contributed by atoms with Crippen LogP contribution in [0.4, 0.5) is 0 Å². The zero-order chi connectivity index (χ0) is 11.1. The Kier molecular flexibility index (Phi) is 2.62. The molecule has 1 aliphatic rings. The van der Waals surface area contributed by atoms with Gasteiger partial charge in [-0.3, -0.25) is 0 Å². The number of sulfonamides is 1. The average Bonchev–Trinajstić information content (AvgIpc) is 2.71. The lowest BCUT2D eigenvalue weighted by atomic mass is 10.4. The largest absolute Gasteiger partial charge is 0.326 e. The van der Waals surface area contributed by atoms with Crippen LogP contribution in [0.5, 0.6) is 0 Å². The van der Waals surface area contributed by atoms with E-state index in [0.29, 0.717) is 11.4 Å². The lowest BCUT2D eigenvalue weighted by Crippen LogP contribution is -2.33. The van der Waals surface area contributed by atoms with Gasteiger partial charge in [0, 0.05) is 22.3 Å². The molecule has 0 aliphatic heterocycles. The molecule has 0 aromatic carbocycles. The first-order valence-electron chi connectivity index (χ1n) is 4.77. The summed E-state index contributed by atoms with van der Waals surface area (Å²) in [5.41, 5.74) is 5.22. The fourth-order valence-electron chi connectivity index (χ4n) is 1.28.